The Morgan fingerprint density at radius 1 is 0.920 bits per heavy atom. The van der Waals surface area contributed by atoms with Gasteiger partial charge in [0.1, 0.15) is 0 Å². The minimum atomic E-state index is -0.0516. The van der Waals surface area contributed by atoms with Crippen molar-refractivity contribution in [1.29, 1.82) is 0 Å². The van der Waals surface area contributed by atoms with Gasteiger partial charge in [0.15, 0.2) is 0 Å². The van der Waals surface area contributed by atoms with Crippen LogP contribution in [0.3, 0.4) is 0 Å². The first-order valence-electron chi connectivity index (χ1n) is 10.2. The summed E-state index contributed by atoms with van der Waals surface area (Å²) in [6.07, 6.45) is 8.84. The molecule has 4 aliphatic carbocycles. The highest BCUT2D eigenvalue weighted by atomic mass is 16.5. The molecular weight excluding hydrogens is 316 g/mol. The molecule has 0 spiro atoms. The number of ether oxygens (including phenoxy) is 1. The van der Waals surface area contributed by atoms with Crippen molar-refractivity contribution in [2.24, 2.45) is 23.2 Å². The van der Waals surface area contributed by atoms with Gasteiger partial charge in [-0.2, -0.15) is 0 Å². The van der Waals surface area contributed by atoms with E-state index >= 15 is 0 Å². The van der Waals surface area contributed by atoms with Gasteiger partial charge in [0.2, 0.25) is 11.8 Å². The van der Waals surface area contributed by atoms with E-state index in [-0.39, 0.29) is 11.3 Å². The molecule has 0 atom stereocenters. The maximum Gasteiger partial charge on any atom is 0.228 e. The number of rotatable bonds is 4. The summed E-state index contributed by atoms with van der Waals surface area (Å²) in [5.74, 6) is 2.97. The normalized spacial score (nSPS) is 37.2. The van der Waals surface area contributed by atoms with E-state index in [1.807, 2.05) is 4.90 Å². The Morgan fingerprint density at radius 2 is 1.48 bits per heavy atom. The molecule has 1 saturated heterocycles. The van der Waals surface area contributed by atoms with Gasteiger partial charge in [-0.05, 0) is 62.7 Å². The van der Waals surface area contributed by atoms with E-state index in [9.17, 15) is 9.59 Å². The second-order valence-electron chi connectivity index (χ2n) is 8.97. The minimum absolute atomic E-state index is 0.0516. The fourth-order valence-corrected chi connectivity index (χ4v) is 6.43. The first-order chi connectivity index (χ1) is 12.1. The molecule has 0 unspecified atom stereocenters. The summed E-state index contributed by atoms with van der Waals surface area (Å²) in [5, 5.41) is 0. The van der Waals surface area contributed by atoms with Gasteiger partial charge in [-0.15, -0.1) is 0 Å². The molecule has 4 saturated carbocycles. The second kappa shape index (κ2) is 6.90. The number of nitrogens with zero attached hydrogens (tertiary/aromatic N) is 2. The van der Waals surface area contributed by atoms with Crippen LogP contribution in [0.5, 0.6) is 0 Å². The van der Waals surface area contributed by atoms with E-state index in [4.69, 9.17) is 4.74 Å². The summed E-state index contributed by atoms with van der Waals surface area (Å²) < 4.78 is 5.02. The molecule has 5 rings (SSSR count). The third-order valence-electron chi connectivity index (χ3n) is 7.15. The highest BCUT2D eigenvalue weighted by molar-refractivity contribution is 5.83. The predicted molar refractivity (Wildman–Crippen MR) is 94.9 cm³/mol. The van der Waals surface area contributed by atoms with E-state index in [0.29, 0.717) is 32.0 Å². The van der Waals surface area contributed by atoms with Crippen LogP contribution in [0.15, 0.2) is 0 Å². The number of amides is 2. The Bertz CT molecular complexity index is 498. The van der Waals surface area contributed by atoms with Gasteiger partial charge in [0.05, 0.1) is 18.4 Å². The molecule has 0 radical (unpaired) electrons. The third-order valence-corrected chi connectivity index (χ3v) is 7.15. The number of carbonyl (C=O) groups is 2. The van der Waals surface area contributed by atoms with Gasteiger partial charge in [0, 0.05) is 33.3 Å². The Hall–Kier alpha value is -1.10. The van der Waals surface area contributed by atoms with Crippen LogP contribution in [0.4, 0.5) is 0 Å². The Morgan fingerprint density at radius 3 is 2.08 bits per heavy atom. The number of hydrogen-bond acceptors (Lipinski definition) is 3. The predicted octanol–water partition coefficient (Wildman–Crippen LogP) is 2.30. The number of hydrogen-bond donors (Lipinski definition) is 0. The first kappa shape index (κ1) is 17.3. The van der Waals surface area contributed by atoms with Crippen molar-refractivity contribution in [1.82, 2.24) is 9.80 Å². The van der Waals surface area contributed by atoms with Crippen LogP contribution in [-0.2, 0) is 14.3 Å². The lowest BCUT2D eigenvalue weighted by molar-refractivity contribution is -0.157. The second-order valence-corrected chi connectivity index (χ2v) is 8.97. The molecule has 5 nitrogen and oxygen atoms in total. The lowest BCUT2D eigenvalue weighted by atomic mass is 9.49. The zero-order chi connectivity index (χ0) is 17.4. The van der Waals surface area contributed by atoms with Crippen molar-refractivity contribution in [3.63, 3.8) is 0 Å². The van der Waals surface area contributed by atoms with Gasteiger partial charge in [0.25, 0.3) is 0 Å². The lowest BCUT2D eigenvalue weighted by Crippen LogP contribution is -2.55. The van der Waals surface area contributed by atoms with Crippen LogP contribution < -0.4 is 0 Å². The molecule has 0 aromatic rings. The largest absolute Gasteiger partial charge is 0.384 e. The Labute approximate surface area is 151 Å². The fraction of sp³-hybridized carbons (Fsp3) is 0.900. The SMILES string of the molecule is COCCC(=O)N1CCCN(C(=O)C23CC4CC(CC(C4)C2)C3)CC1. The molecule has 1 aliphatic heterocycles. The fourth-order valence-electron chi connectivity index (χ4n) is 6.43. The first-order valence-corrected chi connectivity index (χ1v) is 10.2. The summed E-state index contributed by atoms with van der Waals surface area (Å²) in [4.78, 5) is 29.7. The topological polar surface area (TPSA) is 49.9 Å². The summed E-state index contributed by atoms with van der Waals surface area (Å²) >= 11 is 0. The highest BCUT2D eigenvalue weighted by Gasteiger charge is 2.55. The molecule has 5 fully saturated rings. The molecule has 140 valence electrons. The molecule has 2 amide bonds. The van der Waals surface area contributed by atoms with E-state index in [2.05, 4.69) is 4.90 Å². The van der Waals surface area contributed by atoms with E-state index in [1.165, 1.54) is 19.3 Å². The van der Waals surface area contributed by atoms with Gasteiger partial charge < -0.3 is 14.5 Å². The number of methoxy groups -OCH3 is 1. The standard InChI is InChI=1S/C20H32N2O3/c1-25-8-3-18(23)21-4-2-5-22(7-6-21)19(24)20-12-15-9-16(13-20)11-17(10-15)14-20/h15-17H,2-14H2,1H3. The molecule has 5 aliphatic rings. The molecule has 5 heteroatoms. The van der Waals surface area contributed by atoms with Crippen molar-refractivity contribution >= 4 is 11.8 Å². The summed E-state index contributed by atoms with van der Waals surface area (Å²) in [6, 6.07) is 0. The van der Waals surface area contributed by atoms with Crippen LogP contribution in [0.25, 0.3) is 0 Å². The maximum atomic E-state index is 13.5. The Kier molecular flexibility index (Phi) is 4.78. The van der Waals surface area contributed by atoms with Gasteiger partial charge in [-0.3, -0.25) is 9.59 Å². The molecule has 0 aromatic heterocycles. The smallest absolute Gasteiger partial charge is 0.228 e. The lowest BCUT2D eigenvalue weighted by Gasteiger charge is -2.56. The van der Waals surface area contributed by atoms with Crippen molar-refractivity contribution in [2.45, 2.75) is 51.4 Å². The van der Waals surface area contributed by atoms with Crippen molar-refractivity contribution < 1.29 is 14.3 Å². The van der Waals surface area contributed by atoms with Crippen LogP contribution in [0.1, 0.15) is 51.4 Å². The van der Waals surface area contributed by atoms with Crippen LogP contribution in [0.2, 0.25) is 0 Å². The van der Waals surface area contributed by atoms with Crippen molar-refractivity contribution in [2.75, 3.05) is 39.9 Å². The molecule has 4 bridgehead atoms. The van der Waals surface area contributed by atoms with Gasteiger partial charge in [-0.25, -0.2) is 0 Å². The quantitative estimate of drug-likeness (QED) is 0.783. The summed E-state index contributed by atoms with van der Waals surface area (Å²) in [7, 11) is 1.63. The Balaban J connectivity index is 1.39. The molecule has 0 N–H and O–H groups in total. The molecule has 1 heterocycles. The monoisotopic (exact) mass is 348 g/mol. The minimum Gasteiger partial charge on any atom is -0.384 e. The van der Waals surface area contributed by atoms with E-state index in [0.717, 1.165) is 56.5 Å². The average Bonchev–Trinajstić information content (AvgIpc) is 2.84. The van der Waals surface area contributed by atoms with Crippen LogP contribution in [0, 0.1) is 23.2 Å². The average molecular weight is 348 g/mol. The molecular formula is C20H32N2O3. The molecule has 25 heavy (non-hydrogen) atoms. The van der Waals surface area contributed by atoms with E-state index in [1.54, 1.807) is 7.11 Å². The molecule has 0 aromatic carbocycles. The van der Waals surface area contributed by atoms with Crippen molar-refractivity contribution in [3.05, 3.63) is 0 Å². The van der Waals surface area contributed by atoms with E-state index < -0.39 is 0 Å². The summed E-state index contributed by atoms with van der Waals surface area (Å²) in [5.41, 5.74) is -0.0516. The highest BCUT2D eigenvalue weighted by Crippen LogP contribution is 2.60. The third kappa shape index (κ3) is 3.32. The van der Waals surface area contributed by atoms with Gasteiger partial charge >= 0.3 is 0 Å². The van der Waals surface area contributed by atoms with Crippen LogP contribution >= 0.6 is 0 Å². The van der Waals surface area contributed by atoms with Gasteiger partial charge in [-0.1, -0.05) is 0 Å². The zero-order valence-electron chi connectivity index (χ0n) is 15.5. The summed E-state index contributed by atoms with van der Waals surface area (Å²) in [6.45, 7) is 3.45. The van der Waals surface area contributed by atoms with Crippen LogP contribution in [-0.4, -0.2) is 61.5 Å². The van der Waals surface area contributed by atoms with Crippen molar-refractivity contribution in [3.8, 4) is 0 Å². The zero-order valence-corrected chi connectivity index (χ0v) is 15.5. The maximum absolute atomic E-state index is 13.5. The number of carbonyl (C=O) groups excluding carboxylic acids is 2.